The molecule has 0 atom stereocenters. The predicted molar refractivity (Wildman–Crippen MR) is 69.2 cm³/mol. The van der Waals surface area contributed by atoms with Crippen molar-refractivity contribution in [1.29, 1.82) is 0 Å². The van der Waals surface area contributed by atoms with Crippen LogP contribution in [0.25, 0.3) is 0 Å². The van der Waals surface area contributed by atoms with Gasteiger partial charge >= 0.3 is 0 Å². The van der Waals surface area contributed by atoms with E-state index in [1.165, 1.54) is 12.1 Å². The van der Waals surface area contributed by atoms with Gasteiger partial charge in [-0.25, -0.2) is 4.39 Å². The van der Waals surface area contributed by atoms with Crippen LogP contribution in [0.3, 0.4) is 0 Å². The van der Waals surface area contributed by atoms with E-state index in [-0.39, 0.29) is 5.82 Å². The summed E-state index contributed by atoms with van der Waals surface area (Å²) in [5.74, 6) is -0.329. The predicted octanol–water partition coefficient (Wildman–Crippen LogP) is 3.91. The summed E-state index contributed by atoms with van der Waals surface area (Å²) in [5, 5.41) is 4.30. The quantitative estimate of drug-likeness (QED) is 0.605. The fourth-order valence-electron chi connectivity index (χ4n) is 1.38. The van der Waals surface area contributed by atoms with Crippen LogP contribution in [0.4, 0.5) is 4.39 Å². The molecule has 0 bridgehead atoms. The van der Waals surface area contributed by atoms with Gasteiger partial charge in [0, 0.05) is 10.6 Å². The molecular formula is C14H10ClFNO. The normalized spacial score (nSPS) is 10.8. The summed E-state index contributed by atoms with van der Waals surface area (Å²) < 4.78 is 12.8. The van der Waals surface area contributed by atoms with Crippen LogP contribution < -0.4 is 0 Å². The van der Waals surface area contributed by atoms with Gasteiger partial charge in [-0.15, -0.1) is 0 Å². The fraction of sp³-hybridized carbons (Fsp3) is 0.0714. The Morgan fingerprint density at radius 2 is 2.00 bits per heavy atom. The van der Waals surface area contributed by atoms with Crippen LogP contribution in [-0.4, -0.2) is 6.21 Å². The van der Waals surface area contributed by atoms with Crippen LogP contribution in [0.2, 0.25) is 5.02 Å². The van der Waals surface area contributed by atoms with E-state index in [0.717, 1.165) is 5.56 Å². The van der Waals surface area contributed by atoms with Crippen molar-refractivity contribution in [3.63, 3.8) is 0 Å². The number of rotatable bonds is 4. The molecule has 2 nitrogen and oxygen atoms in total. The Bertz CT molecular complexity index is 557. The lowest BCUT2D eigenvalue weighted by Crippen LogP contribution is -1.88. The third kappa shape index (κ3) is 3.86. The Balaban J connectivity index is 1.89. The molecule has 0 saturated heterocycles. The molecule has 18 heavy (non-hydrogen) atoms. The third-order valence-corrected chi connectivity index (χ3v) is 2.42. The van der Waals surface area contributed by atoms with Crippen molar-refractivity contribution in [2.45, 2.75) is 6.61 Å². The molecule has 0 N–H and O–H groups in total. The second-order valence-electron chi connectivity index (χ2n) is 3.62. The molecule has 0 aliphatic rings. The SMILES string of the molecule is Fc1cccc(/[C]=N\OCc2cccc(Cl)c2)c1. The Hall–Kier alpha value is -1.87. The van der Waals surface area contributed by atoms with Gasteiger partial charge in [0.2, 0.25) is 0 Å². The number of hydrogen-bond acceptors (Lipinski definition) is 2. The van der Waals surface area contributed by atoms with Crippen LogP contribution in [0.5, 0.6) is 0 Å². The minimum absolute atomic E-state index is 0.295. The molecule has 4 heteroatoms. The summed E-state index contributed by atoms with van der Waals surface area (Å²) >= 11 is 5.83. The average Bonchev–Trinajstić information content (AvgIpc) is 2.35. The molecule has 0 aliphatic carbocycles. The first-order valence-electron chi connectivity index (χ1n) is 5.32. The molecule has 0 saturated carbocycles. The molecule has 2 aromatic carbocycles. The number of halogens is 2. The zero-order valence-corrected chi connectivity index (χ0v) is 10.2. The van der Waals surface area contributed by atoms with Crippen LogP contribution in [0.1, 0.15) is 11.1 Å². The molecule has 0 fully saturated rings. The molecule has 0 aliphatic heterocycles. The lowest BCUT2D eigenvalue weighted by molar-refractivity contribution is 0.132. The van der Waals surface area contributed by atoms with E-state index in [0.29, 0.717) is 17.2 Å². The van der Waals surface area contributed by atoms with Crippen molar-refractivity contribution in [3.8, 4) is 0 Å². The smallest absolute Gasteiger partial charge is 0.142 e. The Labute approximate surface area is 110 Å². The van der Waals surface area contributed by atoms with E-state index in [1.807, 2.05) is 12.1 Å². The van der Waals surface area contributed by atoms with Gasteiger partial charge in [0.05, 0.1) is 0 Å². The van der Waals surface area contributed by atoms with Crippen molar-refractivity contribution >= 4 is 17.8 Å². The van der Waals surface area contributed by atoms with Crippen molar-refractivity contribution in [2.24, 2.45) is 5.16 Å². The fourth-order valence-corrected chi connectivity index (χ4v) is 1.59. The maximum atomic E-state index is 12.8. The zero-order valence-electron chi connectivity index (χ0n) is 9.44. The maximum absolute atomic E-state index is 12.8. The van der Waals surface area contributed by atoms with Gasteiger partial charge in [-0.3, -0.25) is 0 Å². The first-order valence-corrected chi connectivity index (χ1v) is 5.70. The average molecular weight is 263 g/mol. The standard InChI is InChI=1S/C14H10ClFNO/c15-13-5-1-4-12(7-13)10-18-17-9-11-3-2-6-14(16)8-11/h1-8H,10H2. The van der Waals surface area contributed by atoms with E-state index in [4.69, 9.17) is 16.4 Å². The third-order valence-electron chi connectivity index (χ3n) is 2.18. The van der Waals surface area contributed by atoms with Crippen LogP contribution in [0.15, 0.2) is 53.7 Å². The van der Waals surface area contributed by atoms with Gasteiger partial charge in [0.15, 0.2) is 0 Å². The number of nitrogens with zero attached hydrogens (tertiary/aromatic N) is 1. The van der Waals surface area contributed by atoms with E-state index < -0.39 is 0 Å². The molecule has 0 aromatic heterocycles. The molecule has 2 aromatic rings. The molecule has 0 heterocycles. The largest absolute Gasteiger partial charge is 0.390 e. The highest BCUT2D eigenvalue weighted by Gasteiger charge is 1.95. The van der Waals surface area contributed by atoms with Crippen molar-refractivity contribution in [2.75, 3.05) is 0 Å². The highest BCUT2D eigenvalue weighted by Crippen LogP contribution is 2.11. The molecule has 0 amide bonds. The van der Waals surface area contributed by atoms with Crippen LogP contribution >= 0.6 is 11.6 Å². The molecule has 1 radical (unpaired) electrons. The van der Waals surface area contributed by atoms with Crippen molar-refractivity contribution < 1.29 is 9.23 Å². The second kappa shape index (κ2) is 6.17. The highest BCUT2D eigenvalue weighted by molar-refractivity contribution is 6.30. The van der Waals surface area contributed by atoms with Crippen LogP contribution in [-0.2, 0) is 11.4 Å². The summed E-state index contributed by atoms with van der Waals surface area (Å²) in [6.07, 6.45) is 2.60. The summed E-state index contributed by atoms with van der Waals surface area (Å²) in [6, 6.07) is 13.3. The molecule has 2 rings (SSSR count). The Morgan fingerprint density at radius 3 is 2.78 bits per heavy atom. The topological polar surface area (TPSA) is 21.6 Å². The maximum Gasteiger partial charge on any atom is 0.142 e. The van der Waals surface area contributed by atoms with Gasteiger partial charge in [-0.1, -0.05) is 41.0 Å². The van der Waals surface area contributed by atoms with Gasteiger partial charge in [-0.2, -0.15) is 0 Å². The van der Waals surface area contributed by atoms with Gasteiger partial charge in [0.1, 0.15) is 18.6 Å². The zero-order chi connectivity index (χ0) is 12.8. The summed E-state index contributed by atoms with van der Waals surface area (Å²) in [4.78, 5) is 5.05. The van der Waals surface area contributed by atoms with Gasteiger partial charge in [-0.05, 0) is 29.8 Å². The second-order valence-corrected chi connectivity index (χ2v) is 4.05. The Kier molecular flexibility index (Phi) is 4.31. The highest BCUT2D eigenvalue weighted by atomic mass is 35.5. The number of hydrogen-bond donors (Lipinski definition) is 0. The summed E-state index contributed by atoms with van der Waals surface area (Å²) in [5.41, 5.74) is 1.44. The minimum atomic E-state index is -0.329. The van der Waals surface area contributed by atoms with Crippen molar-refractivity contribution in [1.82, 2.24) is 0 Å². The van der Waals surface area contributed by atoms with E-state index >= 15 is 0 Å². The number of benzene rings is 2. The molecular weight excluding hydrogens is 253 g/mol. The molecule has 0 unspecified atom stereocenters. The first kappa shape index (κ1) is 12.6. The van der Waals surface area contributed by atoms with E-state index in [2.05, 4.69) is 11.4 Å². The van der Waals surface area contributed by atoms with Crippen molar-refractivity contribution in [3.05, 3.63) is 70.5 Å². The van der Waals surface area contributed by atoms with Gasteiger partial charge in [0.25, 0.3) is 0 Å². The lowest BCUT2D eigenvalue weighted by atomic mass is 10.2. The van der Waals surface area contributed by atoms with E-state index in [9.17, 15) is 4.39 Å². The Morgan fingerprint density at radius 1 is 1.17 bits per heavy atom. The summed E-state index contributed by atoms with van der Waals surface area (Å²) in [7, 11) is 0. The summed E-state index contributed by atoms with van der Waals surface area (Å²) in [6.45, 7) is 0.295. The van der Waals surface area contributed by atoms with Gasteiger partial charge < -0.3 is 4.84 Å². The van der Waals surface area contributed by atoms with E-state index in [1.54, 1.807) is 24.3 Å². The lowest BCUT2D eigenvalue weighted by Gasteiger charge is -1.99. The monoisotopic (exact) mass is 262 g/mol. The van der Waals surface area contributed by atoms with Crippen LogP contribution in [0, 0.1) is 5.82 Å². The molecule has 91 valence electrons. The minimum Gasteiger partial charge on any atom is -0.390 e. The first-order chi connectivity index (χ1) is 8.74. The molecule has 0 spiro atoms.